The van der Waals surface area contributed by atoms with E-state index >= 15 is 0 Å². The van der Waals surface area contributed by atoms with E-state index in [0.29, 0.717) is 28.9 Å². The van der Waals surface area contributed by atoms with Gasteiger partial charge in [-0.2, -0.15) is 0 Å². The molecule has 12 aromatic rings. The molecule has 5 nitrogen and oxygen atoms in total. The van der Waals surface area contributed by atoms with E-state index < -0.39 is 0 Å². The van der Waals surface area contributed by atoms with Gasteiger partial charge in [-0.15, -0.1) is 0 Å². The standard InChI is InChI=1S/C55H33N5/c1-3-19-40-32-56-49(30-34(40)13-1)54-58-53(59-55(60-54)50-31-35-14-2-4-20-41(35)33-57-50)44-28-42(51-45-21-9-5-15-36(45)25-37-16-6-10-22-46(37)51)27-43(29-44)52-47-23-11-7-17-38(47)26-39-18-8-12-24-48(39)52/h1-33H. The van der Waals surface area contributed by atoms with Gasteiger partial charge in [-0.05, 0) is 119 Å². The Labute approximate surface area is 345 Å². The molecule has 0 radical (unpaired) electrons. The first-order valence-corrected chi connectivity index (χ1v) is 20.1. The van der Waals surface area contributed by atoms with Gasteiger partial charge in [0.05, 0.1) is 0 Å². The minimum absolute atomic E-state index is 0.480. The van der Waals surface area contributed by atoms with Crippen molar-refractivity contribution in [3.63, 3.8) is 0 Å². The maximum atomic E-state index is 5.27. The number of pyridine rings is 2. The molecule has 3 heterocycles. The number of hydrogen-bond acceptors (Lipinski definition) is 5. The molecule has 3 aromatic heterocycles. The van der Waals surface area contributed by atoms with E-state index in [0.717, 1.165) is 38.2 Å². The molecule has 0 aliphatic heterocycles. The summed E-state index contributed by atoms with van der Waals surface area (Å²) in [5, 5.41) is 13.7. The van der Waals surface area contributed by atoms with E-state index in [9.17, 15) is 0 Å². The molecule has 0 amide bonds. The summed E-state index contributed by atoms with van der Waals surface area (Å²) in [7, 11) is 0. The highest BCUT2D eigenvalue weighted by atomic mass is 15.1. The third-order valence-corrected chi connectivity index (χ3v) is 11.7. The highest BCUT2D eigenvalue weighted by Gasteiger charge is 2.20. The van der Waals surface area contributed by atoms with Gasteiger partial charge in [0, 0.05) is 28.7 Å². The summed E-state index contributed by atoms with van der Waals surface area (Å²) in [6, 6.07) is 66.6. The third-order valence-electron chi connectivity index (χ3n) is 11.7. The molecule has 0 atom stereocenters. The minimum atomic E-state index is 0.480. The number of fused-ring (bicyclic) bond motifs is 6. The van der Waals surface area contributed by atoms with Crippen LogP contribution in [-0.4, -0.2) is 24.9 Å². The largest absolute Gasteiger partial charge is 0.252 e. The van der Waals surface area contributed by atoms with Crippen molar-refractivity contribution >= 4 is 64.6 Å². The maximum Gasteiger partial charge on any atom is 0.182 e. The van der Waals surface area contributed by atoms with Crippen LogP contribution in [0.4, 0.5) is 0 Å². The zero-order valence-corrected chi connectivity index (χ0v) is 32.3. The Morgan fingerprint density at radius 3 is 0.967 bits per heavy atom. The molecule has 0 N–H and O–H groups in total. The molecule has 0 unspecified atom stereocenters. The van der Waals surface area contributed by atoms with E-state index in [1.165, 1.54) is 54.2 Å². The van der Waals surface area contributed by atoms with Crippen LogP contribution in [0.1, 0.15) is 0 Å². The van der Waals surface area contributed by atoms with E-state index in [2.05, 4.69) is 164 Å². The van der Waals surface area contributed by atoms with Gasteiger partial charge in [-0.1, -0.05) is 146 Å². The normalized spacial score (nSPS) is 11.7. The Morgan fingerprint density at radius 1 is 0.250 bits per heavy atom. The first-order valence-electron chi connectivity index (χ1n) is 20.1. The lowest BCUT2D eigenvalue weighted by Crippen LogP contribution is -2.02. The fourth-order valence-corrected chi connectivity index (χ4v) is 8.84. The van der Waals surface area contributed by atoms with Gasteiger partial charge in [-0.3, -0.25) is 9.97 Å². The van der Waals surface area contributed by atoms with Crippen molar-refractivity contribution in [1.82, 2.24) is 24.9 Å². The molecule has 60 heavy (non-hydrogen) atoms. The van der Waals surface area contributed by atoms with Gasteiger partial charge in [-0.25, -0.2) is 15.0 Å². The second-order valence-corrected chi connectivity index (χ2v) is 15.3. The lowest BCUT2D eigenvalue weighted by Gasteiger charge is -2.17. The second kappa shape index (κ2) is 13.8. The van der Waals surface area contributed by atoms with Crippen LogP contribution in [0.25, 0.3) is 121 Å². The molecule has 0 spiro atoms. The SMILES string of the molecule is c1ccc2cc(-c3nc(-c4cc(-c5c6ccccc6cc6ccccc56)cc(-c5c6ccccc6cc6ccccc56)c4)nc(-c4cc5ccccc5cn4)n3)ncc2c1. The predicted octanol–water partition coefficient (Wildman–Crippen LogP) is 13.9. The summed E-state index contributed by atoms with van der Waals surface area (Å²) >= 11 is 0. The number of hydrogen-bond donors (Lipinski definition) is 0. The topological polar surface area (TPSA) is 64.5 Å². The third kappa shape index (κ3) is 5.75. The van der Waals surface area contributed by atoms with E-state index in [1.807, 2.05) is 36.7 Å². The molecule has 0 saturated heterocycles. The summed E-state index contributed by atoms with van der Waals surface area (Å²) in [6.07, 6.45) is 3.77. The first kappa shape index (κ1) is 33.9. The molecular formula is C55H33N5. The van der Waals surface area contributed by atoms with Crippen LogP contribution in [0, 0.1) is 0 Å². The fraction of sp³-hybridized carbons (Fsp3) is 0. The average Bonchev–Trinajstić information content (AvgIpc) is 3.31. The summed E-state index contributed by atoms with van der Waals surface area (Å²) in [5.74, 6) is 1.50. The molecule has 9 aromatic carbocycles. The van der Waals surface area contributed by atoms with Crippen molar-refractivity contribution in [2.24, 2.45) is 0 Å². The highest BCUT2D eigenvalue weighted by molar-refractivity contribution is 6.16. The smallest absolute Gasteiger partial charge is 0.182 e. The van der Waals surface area contributed by atoms with Crippen molar-refractivity contribution in [3.8, 4) is 56.7 Å². The van der Waals surface area contributed by atoms with E-state index in [4.69, 9.17) is 24.9 Å². The summed E-state index contributed by atoms with van der Waals surface area (Å²) in [5.41, 5.74) is 6.67. The molecule has 0 bridgehead atoms. The number of rotatable bonds is 5. The van der Waals surface area contributed by atoms with Crippen LogP contribution in [0.15, 0.2) is 200 Å². The molecule has 278 valence electrons. The van der Waals surface area contributed by atoms with Crippen LogP contribution in [0.2, 0.25) is 0 Å². The molecule has 0 saturated carbocycles. The first-order chi connectivity index (χ1) is 29.7. The van der Waals surface area contributed by atoms with Crippen LogP contribution >= 0.6 is 0 Å². The van der Waals surface area contributed by atoms with Crippen molar-refractivity contribution in [3.05, 3.63) is 200 Å². The average molecular weight is 764 g/mol. The van der Waals surface area contributed by atoms with Crippen molar-refractivity contribution in [2.75, 3.05) is 0 Å². The molecule has 0 aliphatic rings. The maximum absolute atomic E-state index is 5.27. The second-order valence-electron chi connectivity index (χ2n) is 15.3. The minimum Gasteiger partial charge on any atom is -0.252 e. The van der Waals surface area contributed by atoms with Crippen molar-refractivity contribution in [2.45, 2.75) is 0 Å². The summed E-state index contributed by atoms with van der Waals surface area (Å²) in [4.78, 5) is 25.4. The van der Waals surface area contributed by atoms with Gasteiger partial charge in [0.25, 0.3) is 0 Å². The van der Waals surface area contributed by atoms with Crippen LogP contribution < -0.4 is 0 Å². The monoisotopic (exact) mass is 763 g/mol. The predicted molar refractivity (Wildman–Crippen MR) is 248 cm³/mol. The lowest BCUT2D eigenvalue weighted by molar-refractivity contribution is 1.05. The van der Waals surface area contributed by atoms with Crippen molar-refractivity contribution < 1.29 is 0 Å². The van der Waals surface area contributed by atoms with Gasteiger partial charge in [0.1, 0.15) is 11.4 Å². The quantitative estimate of drug-likeness (QED) is 0.163. The van der Waals surface area contributed by atoms with Gasteiger partial charge >= 0.3 is 0 Å². The summed E-state index contributed by atoms with van der Waals surface area (Å²) in [6.45, 7) is 0. The summed E-state index contributed by atoms with van der Waals surface area (Å²) < 4.78 is 0. The molecule has 12 rings (SSSR count). The molecular weight excluding hydrogens is 731 g/mol. The number of benzene rings is 9. The van der Waals surface area contributed by atoms with Gasteiger partial charge in [0.2, 0.25) is 0 Å². The number of aromatic nitrogens is 5. The Morgan fingerprint density at radius 2 is 0.567 bits per heavy atom. The Balaban J connectivity index is 1.18. The Hall–Kier alpha value is -8.15. The Bertz CT molecular complexity index is 3340. The molecule has 5 heteroatoms. The molecule has 0 fully saturated rings. The van der Waals surface area contributed by atoms with Gasteiger partial charge in [0.15, 0.2) is 17.5 Å². The zero-order valence-electron chi connectivity index (χ0n) is 32.3. The number of nitrogens with zero attached hydrogens (tertiary/aromatic N) is 5. The van der Waals surface area contributed by atoms with E-state index in [1.54, 1.807) is 0 Å². The molecule has 0 aliphatic carbocycles. The highest BCUT2D eigenvalue weighted by Crippen LogP contribution is 2.43. The van der Waals surface area contributed by atoms with Crippen LogP contribution in [0.3, 0.4) is 0 Å². The van der Waals surface area contributed by atoms with E-state index in [-0.39, 0.29) is 0 Å². The fourth-order valence-electron chi connectivity index (χ4n) is 8.84. The lowest BCUT2D eigenvalue weighted by atomic mass is 9.87. The van der Waals surface area contributed by atoms with Gasteiger partial charge < -0.3 is 0 Å². The van der Waals surface area contributed by atoms with Crippen LogP contribution in [-0.2, 0) is 0 Å². The van der Waals surface area contributed by atoms with Crippen molar-refractivity contribution in [1.29, 1.82) is 0 Å². The van der Waals surface area contributed by atoms with Crippen LogP contribution in [0.5, 0.6) is 0 Å². The zero-order chi connectivity index (χ0) is 39.6. The Kier molecular flexibility index (Phi) is 7.78.